The van der Waals surface area contributed by atoms with Crippen molar-refractivity contribution in [2.24, 2.45) is 0 Å². The van der Waals surface area contributed by atoms with Crippen LogP contribution in [0.5, 0.6) is 0 Å². The first-order valence-corrected chi connectivity index (χ1v) is 8.65. The van der Waals surface area contributed by atoms with E-state index in [4.69, 9.17) is 0 Å². The summed E-state index contributed by atoms with van der Waals surface area (Å²) in [5, 5.41) is 5.67. The van der Waals surface area contributed by atoms with Gasteiger partial charge in [0.2, 0.25) is 5.91 Å². The number of amides is 2. The average Bonchev–Trinajstić information content (AvgIpc) is 2.69. The number of carbonyl (C=O) groups excluding carboxylic acids is 2. The molecule has 0 aliphatic rings. The SMILES string of the molecule is CN(CC(=O)Nc1ccccc1C(=O)Nc1ccccc1)c1ccccc1. The molecule has 0 bridgehead atoms. The summed E-state index contributed by atoms with van der Waals surface area (Å²) in [6.07, 6.45) is 0. The second-order valence-electron chi connectivity index (χ2n) is 6.11. The first kappa shape index (κ1) is 18.2. The van der Waals surface area contributed by atoms with E-state index in [-0.39, 0.29) is 18.4 Å². The number of anilines is 3. The quantitative estimate of drug-likeness (QED) is 0.699. The number of hydrogen-bond donors (Lipinski definition) is 2. The second-order valence-corrected chi connectivity index (χ2v) is 6.11. The van der Waals surface area contributed by atoms with Gasteiger partial charge in [0, 0.05) is 18.4 Å². The molecule has 27 heavy (non-hydrogen) atoms. The Morgan fingerprint density at radius 1 is 0.778 bits per heavy atom. The van der Waals surface area contributed by atoms with Crippen molar-refractivity contribution in [2.75, 3.05) is 29.1 Å². The van der Waals surface area contributed by atoms with E-state index in [0.717, 1.165) is 5.69 Å². The van der Waals surface area contributed by atoms with Gasteiger partial charge in [0.05, 0.1) is 17.8 Å². The fraction of sp³-hybridized carbons (Fsp3) is 0.0909. The Kier molecular flexibility index (Phi) is 5.84. The third-order valence-electron chi connectivity index (χ3n) is 4.06. The molecular formula is C22H21N3O2. The number of rotatable bonds is 6. The first-order chi connectivity index (χ1) is 13.1. The van der Waals surface area contributed by atoms with Crippen LogP contribution in [-0.4, -0.2) is 25.4 Å². The number of benzene rings is 3. The monoisotopic (exact) mass is 359 g/mol. The van der Waals surface area contributed by atoms with Gasteiger partial charge < -0.3 is 15.5 Å². The third-order valence-corrected chi connectivity index (χ3v) is 4.06. The van der Waals surface area contributed by atoms with Crippen LogP contribution in [0.1, 0.15) is 10.4 Å². The molecule has 0 aliphatic carbocycles. The Morgan fingerprint density at radius 3 is 2.07 bits per heavy atom. The van der Waals surface area contributed by atoms with Crippen LogP contribution >= 0.6 is 0 Å². The van der Waals surface area contributed by atoms with Crippen LogP contribution in [0.25, 0.3) is 0 Å². The van der Waals surface area contributed by atoms with E-state index >= 15 is 0 Å². The second kappa shape index (κ2) is 8.67. The van der Waals surface area contributed by atoms with Gasteiger partial charge in [0.25, 0.3) is 5.91 Å². The van der Waals surface area contributed by atoms with E-state index in [1.807, 2.05) is 72.6 Å². The van der Waals surface area contributed by atoms with Crippen LogP contribution in [0.4, 0.5) is 17.1 Å². The largest absolute Gasteiger partial charge is 0.365 e. The maximum absolute atomic E-state index is 12.6. The lowest BCUT2D eigenvalue weighted by atomic mass is 10.1. The molecule has 0 saturated carbocycles. The summed E-state index contributed by atoms with van der Waals surface area (Å²) in [5.74, 6) is -0.463. The molecule has 0 saturated heterocycles. The van der Waals surface area contributed by atoms with Crippen molar-refractivity contribution in [3.8, 4) is 0 Å². The number of hydrogen-bond acceptors (Lipinski definition) is 3. The van der Waals surface area contributed by atoms with Gasteiger partial charge >= 0.3 is 0 Å². The molecule has 0 unspecified atom stereocenters. The summed E-state index contributed by atoms with van der Waals surface area (Å²) in [4.78, 5) is 26.9. The predicted molar refractivity (Wildman–Crippen MR) is 109 cm³/mol. The number of carbonyl (C=O) groups is 2. The highest BCUT2D eigenvalue weighted by atomic mass is 16.2. The van der Waals surface area contributed by atoms with E-state index in [0.29, 0.717) is 16.9 Å². The van der Waals surface area contributed by atoms with Crippen molar-refractivity contribution in [1.29, 1.82) is 0 Å². The Bertz CT molecular complexity index is 911. The van der Waals surface area contributed by atoms with Crippen LogP contribution in [-0.2, 0) is 4.79 Å². The molecule has 2 N–H and O–H groups in total. The molecule has 0 radical (unpaired) electrons. The Balaban J connectivity index is 1.68. The topological polar surface area (TPSA) is 61.4 Å². The lowest BCUT2D eigenvalue weighted by Gasteiger charge is -2.19. The van der Waals surface area contributed by atoms with Gasteiger partial charge in [-0.15, -0.1) is 0 Å². The highest BCUT2D eigenvalue weighted by Gasteiger charge is 2.14. The molecule has 3 aromatic rings. The number of para-hydroxylation sites is 3. The summed E-state index contributed by atoms with van der Waals surface area (Å²) in [6, 6.07) is 25.8. The van der Waals surface area contributed by atoms with Crippen molar-refractivity contribution >= 4 is 28.9 Å². The van der Waals surface area contributed by atoms with Gasteiger partial charge in [-0.2, -0.15) is 0 Å². The van der Waals surface area contributed by atoms with Gasteiger partial charge in [-0.25, -0.2) is 0 Å². The molecule has 0 atom stereocenters. The van der Waals surface area contributed by atoms with Crippen molar-refractivity contribution in [3.05, 3.63) is 90.5 Å². The summed E-state index contributed by atoms with van der Waals surface area (Å²) >= 11 is 0. The van der Waals surface area contributed by atoms with Crippen molar-refractivity contribution in [1.82, 2.24) is 0 Å². The van der Waals surface area contributed by atoms with E-state index in [9.17, 15) is 9.59 Å². The van der Waals surface area contributed by atoms with Crippen LogP contribution in [0, 0.1) is 0 Å². The Hall–Kier alpha value is -3.60. The van der Waals surface area contributed by atoms with Gasteiger partial charge in [-0.05, 0) is 36.4 Å². The normalized spacial score (nSPS) is 10.1. The highest BCUT2D eigenvalue weighted by molar-refractivity contribution is 6.10. The number of likely N-dealkylation sites (N-methyl/N-ethyl adjacent to an activating group) is 1. The summed E-state index contributed by atoms with van der Waals surface area (Å²) < 4.78 is 0. The number of nitrogens with zero attached hydrogens (tertiary/aromatic N) is 1. The average molecular weight is 359 g/mol. The summed E-state index contributed by atoms with van der Waals surface area (Å²) in [6.45, 7) is 0.179. The molecule has 0 aliphatic heterocycles. The molecule has 3 rings (SSSR count). The zero-order valence-electron chi connectivity index (χ0n) is 15.1. The van der Waals surface area contributed by atoms with Gasteiger partial charge in [-0.3, -0.25) is 9.59 Å². The highest BCUT2D eigenvalue weighted by Crippen LogP contribution is 2.18. The van der Waals surface area contributed by atoms with Crippen LogP contribution in [0.3, 0.4) is 0 Å². The molecule has 136 valence electrons. The Morgan fingerprint density at radius 2 is 1.37 bits per heavy atom. The molecule has 5 heteroatoms. The first-order valence-electron chi connectivity index (χ1n) is 8.65. The minimum Gasteiger partial charge on any atom is -0.365 e. The summed E-state index contributed by atoms with van der Waals surface area (Å²) in [5.41, 5.74) is 2.55. The third kappa shape index (κ3) is 4.95. The molecule has 3 aromatic carbocycles. The minimum atomic E-state index is -0.270. The lowest BCUT2D eigenvalue weighted by molar-refractivity contribution is -0.114. The zero-order chi connectivity index (χ0) is 19.1. The maximum atomic E-state index is 12.6. The van der Waals surface area contributed by atoms with Crippen molar-refractivity contribution in [2.45, 2.75) is 0 Å². The molecule has 0 fully saturated rings. The van der Waals surface area contributed by atoms with Crippen molar-refractivity contribution < 1.29 is 9.59 Å². The Labute approximate surface area is 158 Å². The molecule has 0 spiro atoms. The fourth-order valence-electron chi connectivity index (χ4n) is 2.69. The van der Waals surface area contributed by atoms with Gasteiger partial charge in [-0.1, -0.05) is 48.5 Å². The van der Waals surface area contributed by atoms with Gasteiger partial charge in [0.1, 0.15) is 0 Å². The zero-order valence-corrected chi connectivity index (χ0v) is 15.1. The molecular weight excluding hydrogens is 338 g/mol. The molecule has 0 heterocycles. The van der Waals surface area contributed by atoms with E-state index < -0.39 is 0 Å². The molecule has 0 aromatic heterocycles. The van der Waals surface area contributed by atoms with Crippen molar-refractivity contribution in [3.63, 3.8) is 0 Å². The smallest absolute Gasteiger partial charge is 0.257 e. The maximum Gasteiger partial charge on any atom is 0.257 e. The van der Waals surface area contributed by atoms with E-state index in [1.165, 1.54) is 0 Å². The van der Waals surface area contributed by atoms with Crippen LogP contribution in [0.15, 0.2) is 84.9 Å². The van der Waals surface area contributed by atoms with E-state index in [1.54, 1.807) is 24.3 Å². The fourth-order valence-corrected chi connectivity index (χ4v) is 2.69. The van der Waals surface area contributed by atoms with E-state index in [2.05, 4.69) is 10.6 Å². The van der Waals surface area contributed by atoms with Crippen LogP contribution in [0.2, 0.25) is 0 Å². The van der Waals surface area contributed by atoms with Gasteiger partial charge in [0.15, 0.2) is 0 Å². The molecule has 5 nitrogen and oxygen atoms in total. The standard InChI is InChI=1S/C22H21N3O2/c1-25(18-12-6-3-7-13-18)16-21(26)24-20-15-9-8-14-19(20)22(27)23-17-10-4-2-5-11-17/h2-15H,16H2,1H3,(H,23,27)(H,24,26). The predicted octanol–water partition coefficient (Wildman–Crippen LogP) is 4.01. The summed E-state index contributed by atoms with van der Waals surface area (Å²) in [7, 11) is 1.85. The lowest BCUT2D eigenvalue weighted by Crippen LogP contribution is -2.30. The van der Waals surface area contributed by atoms with Crippen LogP contribution < -0.4 is 15.5 Å². The minimum absolute atomic E-state index is 0.179. The number of nitrogens with one attached hydrogen (secondary N) is 2. The molecule has 2 amide bonds.